The SMILES string of the molecule is O=C(O)c1ccc(S(=O)(=O)Nc2ccccc2N2CCCCC2)c(Br)c1. The standard InChI is InChI=1S/C18H19BrN2O4S/c19-14-12-13(18(22)23)8-9-17(14)26(24,25)20-15-6-2-3-7-16(15)21-10-4-1-5-11-21/h2-3,6-9,12,20H,1,4-5,10-11H2,(H,22,23). The highest BCUT2D eigenvalue weighted by Gasteiger charge is 2.22. The summed E-state index contributed by atoms with van der Waals surface area (Å²) in [6.45, 7) is 1.80. The largest absolute Gasteiger partial charge is 0.478 e. The second kappa shape index (κ2) is 7.67. The van der Waals surface area contributed by atoms with Gasteiger partial charge in [0.25, 0.3) is 10.0 Å². The fourth-order valence-corrected chi connectivity index (χ4v) is 5.18. The third-order valence-electron chi connectivity index (χ3n) is 4.31. The topological polar surface area (TPSA) is 86.7 Å². The van der Waals surface area contributed by atoms with Crippen LogP contribution in [-0.2, 0) is 10.0 Å². The molecular formula is C18H19BrN2O4S. The molecule has 3 rings (SSSR count). The summed E-state index contributed by atoms with van der Waals surface area (Å²) in [6, 6.07) is 11.2. The van der Waals surface area contributed by atoms with E-state index in [4.69, 9.17) is 5.11 Å². The van der Waals surface area contributed by atoms with Crippen LogP contribution in [0.1, 0.15) is 29.6 Å². The van der Waals surface area contributed by atoms with Gasteiger partial charge in [-0.2, -0.15) is 0 Å². The molecule has 8 heteroatoms. The molecule has 1 saturated heterocycles. The summed E-state index contributed by atoms with van der Waals surface area (Å²) in [7, 11) is -3.86. The van der Waals surface area contributed by atoms with Crippen molar-refractivity contribution in [2.75, 3.05) is 22.7 Å². The second-order valence-electron chi connectivity index (χ2n) is 6.12. The summed E-state index contributed by atoms with van der Waals surface area (Å²) in [5, 5.41) is 9.03. The highest BCUT2D eigenvalue weighted by Crippen LogP contribution is 2.31. The van der Waals surface area contributed by atoms with Gasteiger partial charge in [-0.15, -0.1) is 0 Å². The molecule has 0 unspecified atom stereocenters. The Bertz CT molecular complexity index is 925. The minimum atomic E-state index is -3.86. The number of nitrogens with zero attached hydrogens (tertiary/aromatic N) is 1. The van der Waals surface area contributed by atoms with Gasteiger partial charge in [-0.05, 0) is 65.5 Å². The maximum Gasteiger partial charge on any atom is 0.335 e. The molecule has 2 aromatic carbocycles. The van der Waals surface area contributed by atoms with Gasteiger partial charge in [0.05, 0.1) is 16.9 Å². The molecule has 1 heterocycles. The number of nitrogens with one attached hydrogen (secondary N) is 1. The van der Waals surface area contributed by atoms with E-state index in [2.05, 4.69) is 25.6 Å². The molecule has 2 N–H and O–H groups in total. The first-order chi connectivity index (χ1) is 12.4. The van der Waals surface area contributed by atoms with Crippen LogP contribution in [-0.4, -0.2) is 32.6 Å². The van der Waals surface area contributed by atoms with Crippen LogP contribution in [0.3, 0.4) is 0 Å². The lowest BCUT2D eigenvalue weighted by molar-refractivity contribution is 0.0696. The highest BCUT2D eigenvalue weighted by atomic mass is 79.9. The Morgan fingerprint density at radius 2 is 1.77 bits per heavy atom. The minimum Gasteiger partial charge on any atom is -0.478 e. The molecule has 0 bridgehead atoms. The molecule has 0 radical (unpaired) electrons. The van der Waals surface area contributed by atoms with Gasteiger partial charge in [-0.25, -0.2) is 13.2 Å². The van der Waals surface area contributed by atoms with Crippen LogP contribution in [0.4, 0.5) is 11.4 Å². The van der Waals surface area contributed by atoms with Gasteiger partial charge in [-0.3, -0.25) is 4.72 Å². The number of carboxylic acids is 1. The van der Waals surface area contributed by atoms with Gasteiger partial charge >= 0.3 is 5.97 Å². The van der Waals surface area contributed by atoms with E-state index in [0.717, 1.165) is 31.6 Å². The van der Waals surface area contributed by atoms with E-state index in [1.54, 1.807) is 12.1 Å². The fraction of sp³-hybridized carbons (Fsp3) is 0.278. The van der Waals surface area contributed by atoms with Crippen molar-refractivity contribution in [2.24, 2.45) is 0 Å². The Morgan fingerprint density at radius 1 is 1.08 bits per heavy atom. The maximum atomic E-state index is 12.8. The number of anilines is 2. The lowest BCUT2D eigenvalue weighted by Gasteiger charge is -2.30. The Kier molecular flexibility index (Phi) is 5.52. The third-order valence-corrected chi connectivity index (χ3v) is 6.66. The molecule has 0 aromatic heterocycles. The molecule has 26 heavy (non-hydrogen) atoms. The smallest absolute Gasteiger partial charge is 0.335 e. The molecule has 0 saturated carbocycles. The van der Waals surface area contributed by atoms with Crippen molar-refractivity contribution >= 4 is 43.3 Å². The molecule has 1 aliphatic rings. The van der Waals surface area contributed by atoms with Crippen LogP contribution in [0.25, 0.3) is 0 Å². The quantitative estimate of drug-likeness (QED) is 0.737. The molecule has 0 spiro atoms. The molecule has 0 amide bonds. The summed E-state index contributed by atoms with van der Waals surface area (Å²) < 4.78 is 28.5. The maximum absolute atomic E-state index is 12.8. The highest BCUT2D eigenvalue weighted by molar-refractivity contribution is 9.10. The molecular weight excluding hydrogens is 420 g/mol. The molecule has 6 nitrogen and oxygen atoms in total. The fourth-order valence-electron chi connectivity index (χ4n) is 3.02. The molecule has 0 aliphatic carbocycles. The third kappa shape index (κ3) is 4.02. The van der Waals surface area contributed by atoms with Crippen LogP contribution in [0, 0.1) is 0 Å². The van der Waals surface area contributed by atoms with Gasteiger partial charge in [-0.1, -0.05) is 12.1 Å². The Balaban J connectivity index is 1.92. The van der Waals surface area contributed by atoms with Crippen molar-refractivity contribution in [1.82, 2.24) is 0 Å². The molecule has 1 fully saturated rings. The summed E-state index contributed by atoms with van der Waals surface area (Å²) in [5.41, 5.74) is 1.39. The van der Waals surface area contributed by atoms with Gasteiger partial charge in [0.15, 0.2) is 0 Å². The van der Waals surface area contributed by atoms with E-state index in [9.17, 15) is 13.2 Å². The number of aromatic carboxylic acids is 1. The number of halogens is 1. The van der Waals surface area contributed by atoms with Crippen molar-refractivity contribution in [3.63, 3.8) is 0 Å². The van der Waals surface area contributed by atoms with E-state index in [0.29, 0.717) is 5.69 Å². The summed E-state index contributed by atoms with van der Waals surface area (Å²) in [4.78, 5) is 13.2. The van der Waals surface area contributed by atoms with E-state index in [1.165, 1.54) is 24.6 Å². The molecule has 1 aliphatic heterocycles. The molecule has 2 aromatic rings. The number of para-hydroxylation sites is 2. The van der Waals surface area contributed by atoms with Crippen molar-refractivity contribution in [3.8, 4) is 0 Å². The average molecular weight is 439 g/mol. The minimum absolute atomic E-state index is 0.00375. The Hall–Kier alpha value is -2.06. The van der Waals surface area contributed by atoms with Crippen LogP contribution >= 0.6 is 15.9 Å². The number of benzene rings is 2. The zero-order chi connectivity index (χ0) is 18.7. The normalized spacial score (nSPS) is 14.9. The number of hydrogen-bond acceptors (Lipinski definition) is 4. The van der Waals surface area contributed by atoms with Gasteiger partial charge < -0.3 is 10.0 Å². The summed E-state index contributed by atoms with van der Waals surface area (Å²) in [5.74, 6) is -1.11. The number of carbonyl (C=O) groups is 1. The van der Waals surface area contributed by atoms with Crippen molar-refractivity contribution in [2.45, 2.75) is 24.2 Å². The molecule has 138 valence electrons. The summed E-state index contributed by atoms with van der Waals surface area (Å²) in [6.07, 6.45) is 3.36. The van der Waals surface area contributed by atoms with Gasteiger partial charge in [0.1, 0.15) is 4.90 Å². The Labute approximate surface area is 161 Å². The predicted molar refractivity (Wildman–Crippen MR) is 104 cm³/mol. The monoisotopic (exact) mass is 438 g/mol. The van der Waals surface area contributed by atoms with E-state index in [1.807, 2.05) is 12.1 Å². The number of sulfonamides is 1. The number of hydrogen-bond donors (Lipinski definition) is 2. The Morgan fingerprint density at radius 3 is 2.42 bits per heavy atom. The zero-order valence-electron chi connectivity index (χ0n) is 14.0. The predicted octanol–water partition coefficient (Wildman–Crippen LogP) is 3.94. The first-order valence-electron chi connectivity index (χ1n) is 8.28. The van der Waals surface area contributed by atoms with Crippen molar-refractivity contribution < 1.29 is 18.3 Å². The van der Waals surface area contributed by atoms with Crippen LogP contribution in [0.5, 0.6) is 0 Å². The van der Waals surface area contributed by atoms with Gasteiger partial charge in [0.2, 0.25) is 0 Å². The number of carboxylic acid groups (broad SMARTS) is 1. The molecule has 0 atom stereocenters. The van der Waals surface area contributed by atoms with E-state index < -0.39 is 16.0 Å². The zero-order valence-corrected chi connectivity index (χ0v) is 16.4. The lowest BCUT2D eigenvalue weighted by atomic mass is 10.1. The lowest BCUT2D eigenvalue weighted by Crippen LogP contribution is -2.30. The van der Waals surface area contributed by atoms with Crippen LogP contribution in [0.2, 0.25) is 0 Å². The first-order valence-corrected chi connectivity index (χ1v) is 10.6. The second-order valence-corrected chi connectivity index (χ2v) is 8.63. The number of rotatable bonds is 5. The van der Waals surface area contributed by atoms with Crippen molar-refractivity contribution in [3.05, 3.63) is 52.5 Å². The van der Waals surface area contributed by atoms with Crippen LogP contribution < -0.4 is 9.62 Å². The summed E-state index contributed by atoms with van der Waals surface area (Å²) >= 11 is 3.17. The van der Waals surface area contributed by atoms with Crippen LogP contribution in [0.15, 0.2) is 51.8 Å². The first kappa shape index (κ1) is 18.7. The van der Waals surface area contributed by atoms with E-state index >= 15 is 0 Å². The van der Waals surface area contributed by atoms with E-state index in [-0.39, 0.29) is 14.9 Å². The average Bonchev–Trinajstić information content (AvgIpc) is 2.62. The van der Waals surface area contributed by atoms with Crippen molar-refractivity contribution in [1.29, 1.82) is 0 Å². The number of piperidine rings is 1. The van der Waals surface area contributed by atoms with Gasteiger partial charge in [0, 0.05) is 17.6 Å².